The Morgan fingerprint density at radius 3 is 1.57 bits per heavy atom. The first-order valence-electron chi connectivity index (χ1n) is 20.8. The van der Waals surface area contributed by atoms with Crippen LogP contribution in [0.5, 0.6) is 0 Å². The molecule has 0 amide bonds. The summed E-state index contributed by atoms with van der Waals surface area (Å²) in [6.07, 6.45) is 0. The molecule has 0 bridgehead atoms. The summed E-state index contributed by atoms with van der Waals surface area (Å²) in [5, 5.41) is 2.46. The molecule has 11 rings (SSSR count). The maximum absolute atomic E-state index is 2.48. The van der Waals surface area contributed by atoms with Gasteiger partial charge in [-0.3, -0.25) is 0 Å². The molecule has 1 aliphatic carbocycles. The Morgan fingerprint density at radius 1 is 0.300 bits per heavy atom. The first-order valence-corrected chi connectivity index (χ1v) is 20.8. The Morgan fingerprint density at radius 2 is 0.817 bits per heavy atom. The second kappa shape index (κ2) is 14.9. The molecule has 1 aliphatic rings. The van der Waals surface area contributed by atoms with E-state index in [1.165, 1.54) is 72.0 Å². The van der Waals surface area contributed by atoms with Gasteiger partial charge in [0.15, 0.2) is 0 Å². The number of anilines is 3. The molecule has 0 heterocycles. The molecule has 0 spiro atoms. The van der Waals surface area contributed by atoms with Crippen molar-refractivity contribution in [3.8, 4) is 44.5 Å². The molecule has 0 saturated heterocycles. The van der Waals surface area contributed by atoms with Gasteiger partial charge in [-0.05, 0) is 96.7 Å². The molecule has 0 atom stereocenters. The summed E-state index contributed by atoms with van der Waals surface area (Å²) < 4.78 is 0. The van der Waals surface area contributed by atoms with Gasteiger partial charge in [-0.25, -0.2) is 0 Å². The van der Waals surface area contributed by atoms with Gasteiger partial charge in [0.2, 0.25) is 0 Å². The smallest absolute Gasteiger partial charge is 0.0713 e. The monoisotopic (exact) mass is 763 g/mol. The Kier molecular flexibility index (Phi) is 8.79. The van der Waals surface area contributed by atoms with E-state index in [0.717, 1.165) is 22.6 Å². The molecule has 0 radical (unpaired) electrons. The molecule has 10 aromatic carbocycles. The predicted molar refractivity (Wildman–Crippen MR) is 252 cm³/mol. The van der Waals surface area contributed by atoms with E-state index in [2.05, 4.69) is 254 Å². The van der Waals surface area contributed by atoms with Crippen LogP contribution < -0.4 is 4.90 Å². The van der Waals surface area contributed by atoms with Gasteiger partial charge in [0, 0.05) is 16.8 Å². The molecule has 0 unspecified atom stereocenters. The Labute approximate surface area is 352 Å². The highest BCUT2D eigenvalue weighted by atomic mass is 15.1. The van der Waals surface area contributed by atoms with Crippen molar-refractivity contribution < 1.29 is 0 Å². The van der Waals surface area contributed by atoms with Gasteiger partial charge in [0.05, 0.1) is 16.8 Å². The van der Waals surface area contributed by atoms with Gasteiger partial charge in [0.25, 0.3) is 0 Å². The lowest BCUT2D eigenvalue weighted by Crippen LogP contribution is -2.28. The summed E-state index contributed by atoms with van der Waals surface area (Å²) in [6.45, 7) is 0. The van der Waals surface area contributed by atoms with Crippen LogP contribution in [0.3, 0.4) is 0 Å². The van der Waals surface area contributed by atoms with Crippen LogP contribution in [0.15, 0.2) is 249 Å². The van der Waals surface area contributed by atoms with Gasteiger partial charge >= 0.3 is 0 Å². The van der Waals surface area contributed by atoms with Crippen molar-refractivity contribution in [2.24, 2.45) is 0 Å². The van der Waals surface area contributed by atoms with E-state index in [1.807, 2.05) is 0 Å². The zero-order valence-electron chi connectivity index (χ0n) is 33.1. The number of benzene rings is 10. The molecule has 0 N–H and O–H groups in total. The van der Waals surface area contributed by atoms with Crippen molar-refractivity contribution in [1.82, 2.24) is 0 Å². The van der Waals surface area contributed by atoms with Crippen LogP contribution in [0.2, 0.25) is 0 Å². The maximum Gasteiger partial charge on any atom is 0.0713 e. The lowest BCUT2D eigenvalue weighted by atomic mass is 9.67. The summed E-state index contributed by atoms with van der Waals surface area (Å²) in [6, 6.07) is 91.1. The first kappa shape index (κ1) is 35.4. The molecule has 0 fully saturated rings. The third kappa shape index (κ3) is 5.70. The normalized spacial score (nSPS) is 12.5. The quantitative estimate of drug-likeness (QED) is 0.149. The summed E-state index contributed by atoms with van der Waals surface area (Å²) >= 11 is 0. The fourth-order valence-corrected chi connectivity index (χ4v) is 9.82. The number of nitrogens with zero attached hydrogens (tertiary/aromatic N) is 1. The largest absolute Gasteiger partial charge is 0.309 e. The molecule has 60 heavy (non-hydrogen) atoms. The lowest BCUT2D eigenvalue weighted by molar-refractivity contribution is 0.768. The molecule has 1 heteroatoms. The Balaban J connectivity index is 1.24. The minimum absolute atomic E-state index is 0.512. The molecule has 10 aromatic rings. The number of hydrogen-bond donors (Lipinski definition) is 0. The third-order valence-corrected chi connectivity index (χ3v) is 12.4. The summed E-state index contributed by atoms with van der Waals surface area (Å²) in [7, 11) is 0. The maximum atomic E-state index is 2.48. The van der Waals surface area contributed by atoms with E-state index in [4.69, 9.17) is 0 Å². The van der Waals surface area contributed by atoms with Gasteiger partial charge in [-0.2, -0.15) is 0 Å². The number of rotatable bonds is 8. The van der Waals surface area contributed by atoms with Gasteiger partial charge in [-0.1, -0.05) is 218 Å². The van der Waals surface area contributed by atoms with Gasteiger partial charge in [0.1, 0.15) is 0 Å². The van der Waals surface area contributed by atoms with Crippen molar-refractivity contribution in [2.75, 3.05) is 4.90 Å². The fourth-order valence-electron chi connectivity index (χ4n) is 9.82. The number of para-hydroxylation sites is 2. The van der Waals surface area contributed by atoms with Gasteiger partial charge < -0.3 is 4.90 Å². The van der Waals surface area contributed by atoms with Crippen molar-refractivity contribution in [2.45, 2.75) is 5.41 Å². The Hall–Kier alpha value is -7.74. The van der Waals surface area contributed by atoms with Crippen LogP contribution in [0.4, 0.5) is 17.1 Å². The van der Waals surface area contributed by atoms with Crippen LogP contribution in [0, 0.1) is 0 Å². The van der Waals surface area contributed by atoms with Crippen LogP contribution in [0.1, 0.15) is 22.3 Å². The standard InChI is InChI=1S/C59H41N/c1-5-21-42(22-6-1)44-39-40-57(60(47-29-11-4-12-30-47)56-38-18-16-32-50(56)49-34-19-24-43-23-13-14-31-48(43)49)53(41-44)51-35-20-37-55-58(51)52-33-15-17-36-54(52)59(55,45-25-7-2-8-26-45)46-27-9-3-10-28-46/h1-41H. The highest BCUT2D eigenvalue weighted by Gasteiger charge is 2.47. The van der Waals surface area contributed by atoms with Crippen molar-refractivity contribution >= 4 is 27.8 Å². The third-order valence-electron chi connectivity index (χ3n) is 12.4. The number of hydrogen-bond acceptors (Lipinski definition) is 1. The highest BCUT2D eigenvalue weighted by molar-refractivity contribution is 6.04. The summed E-state index contributed by atoms with van der Waals surface area (Å²) in [4.78, 5) is 2.48. The van der Waals surface area contributed by atoms with E-state index >= 15 is 0 Å². The zero-order chi connectivity index (χ0) is 39.9. The second-order valence-electron chi connectivity index (χ2n) is 15.6. The minimum Gasteiger partial charge on any atom is -0.309 e. The minimum atomic E-state index is -0.512. The van der Waals surface area contributed by atoms with E-state index < -0.39 is 5.41 Å². The molecule has 0 saturated carbocycles. The van der Waals surface area contributed by atoms with Gasteiger partial charge in [-0.15, -0.1) is 0 Å². The van der Waals surface area contributed by atoms with Crippen LogP contribution in [-0.4, -0.2) is 0 Å². The molecule has 1 nitrogen and oxygen atoms in total. The van der Waals surface area contributed by atoms with E-state index in [-0.39, 0.29) is 0 Å². The lowest BCUT2D eigenvalue weighted by Gasteiger charge is -2.34. The van der Waals surface area contributed by atoms with Crippen LogP contribution in [-0.2, 0) is 5.41 Å². The molecular weight excluding hydrogens is 723 g/mol. The molecule has 0 aliphatic heterocycles. The Bertz CT molecular complexity index is 3090. The van der Waals surface area contributed by atoms with Crippen LogP contribution in [0.25, 0.3) is 55.3 Å². The van der Waals surface area contributed by atoms with E-state index in [0.29, 0.717) is 0 Å². The van der Waals surface area contributed by atoms with E-state index in [1.54, 1.807) is 0 Å². The molecule has 282 valence electrons. The molecule has 0 aromatic heterocycles. The first-order chi connectivity index (χ1) is 29.8. The SMILES string of the molecule is c1ccc(-c2ccc(N(c3ccccc3)c3ccccc3-c3cccc4ccccc34)c(-c3cccc4c3-c3ccccc3C4(c3ccccc3)c3ccccc3)c2)cc1. The van der Waals surface area contributed by atoms with E-state index in [9.17, 15) is 0 Å². The van der Waals surface area contributed by atoms with Crippen LogP contribution >= 0.6 is 0 Å². The van der Waals surface area contributed by atoms with Crippen molar-refractivity contribution in [1.29, 1.82) is 0 Å². The molecular formula is C59H41N. The predicted octanol–water partition coefficient (Wildman–Crippen LogP) is 15.7. The highest BCUT2D eigenvalue weighted by Crippen LogP contribution is 2.59. The fraction of sp³-hybridized carbons (Fsp3) is 0.0169. The van der Waals surface area contributed by atoms with Crippen molar-refractivity contribution in [3.05, 3.63) is 271 Å². The van der Waals surface area contributed by atoms with Crippen molar-refractivity contribution in [3.63, 3.8) is 0 Å². The average Bonchev–Trinajstić information content (AvgIpc) is 3.64. The summed E-state index contributed by atoms with van der Waals surface area (Å²) in [5.41, 5.74) is 17.5. The summed E-state index contributed by atoms with van der Waals surface area (Å²) in [5.74, 6) is 0. The zero-order valence-corrected chi connectivity index (χ0v) is 33.1. The average molecular weight is 764 g/mol. The second-order valence-corrected chi connectivity index (χ2v) is 15.6. The topological polar surface area (TPSA) is 3.24 Å². The number of fused-ring (bicyclic) bond motifs is 4.